The molecule has 2 saturated heterocycles. The molecule has 39 heavy (non-hydrogen) atoms. The number of hydrogen-bond donors (Lipinski definition) is 4. The Hall–Kier alpha value is -2.95. The van der Waals surface area contributed by atoms with Crippen molar-refractivity contribution in [2.75, 3.05) is 24.3 Å². The predicted octanol–water partition coefficient (Wildman–Crippen LogP) is 0.640. The zero-order valence-electron chi connectivity index (χ0n) is 20.1. The summed E-state index contributed by atoms with van der Waals surface area (Å²) >= 11 is 0. The Balaban J connectivity index is 1.22. The fourth-order valence-electron chi connectivity index (χ4n) is 4.97. The zero-order chi connectivity index (χ0) is 27.1. The highest BCUT2D eigenvalue weighted by atomic mass is 31.2. The van der Waals surface area contributed by atoms with Gasteiger partial charge in [-0.05, 0) is 12.8 Å². The number of ether oxygens (including phenoxy) is 1. The highest BCUT2D eigenvalue weighted by Crippen LogP contribution is 2.50. The maximum Gasteiger partial charge on any atom is 0.697 e. The van der Waals surface area contributed by atoms with Crippen LogP contribution in [-0.4, -0.2) is 76.9 Å². The first kappa shape index (κ1) is 26.3. The van der Waals surface area contributed by atoms with Crippen LogP contribution in [0, 0.1) is 5.92 Å². The van der Waals surface area contributed by atoms with Crippen molar-refractivity contribution in [3.05, 3.63) is 29.3 Å². The molecule has 208 valence electrons. The summed E-state index contributed by atoms with van der Waals surface area (Å²) in [5.74, 6) is -0.209. The molecule has 1 aliphatic carbocycles. The molecule has 18 nitrogen and oxygen atoms in total. The summed E-state index contributed by atoms with van der Waals surface area (Å²) in [5, 5.41) is 3.13. The van der Waals surface area contributed by atoms with Gasteiger partial charge in [-0.25, -0.2) is 24.5 Å². The van der Waals surface area contributed by atoms with Crippen molar-refractivity contribution >= 4 is 39.1 Å². The first-order chi connectivity index (χ1) is 18.7. The number of hydrogen-bond acceptors (Lipinski definition) is 15. The monoisotopic (exact) mass is 584 g/mol. The lowest BCUT2D eigenvalue weighted by atomic mass is 10.1. The number of H-pyrrole nitrogens is 1. The predicted molar refractivity (Wildman–Crippen MR) is 130 cm³/mol. The lowest BCUT2D eigenvalue weighted by Gasteiger charge is -2.22. The van der Waals surface area contributed by atoms with E-state index >= 15 is 0 Å². The van der Waals surface area contributed by atoms with Crippen LogP contribution in [0.1, 0.15) is 25.5 Å². The van der Waals surface area contributed by atoms with E-state index in [0.29, 0.717) is 18.8 Å². The SMILES string of the molecule is Nc1nc2c(ncn2[C@@H]2O[C@@H]3COP(=O)(O)O[C@H]4C[C@H](Nc5ncncn5)C[C@@H]4CO[P+](=O)O[C@@H]2C3)c(=O)[nH]1. The minimum absolute atomic E-state index is 0.0159. The summed E-state index contributed by atoms with van der Waals surface area (Å²) in [6.45, 7) is -0.410. The summed E-state index contributed by atoms with van der Waals surface area (Å²) < 4.78 is 55.2. The summed E-state index contributed by atoms with van der Waals surface area (Å²) in [6.07, 6.45) is 1.55. The van der Waals surface area contributed by atoms with Gasteiger partial charge in [-0.1, -0.05) is 0 Å². The number of nitrogen functional groups attached to an aromatic ring is 1. The normalized spacial score (nSPS) is 34.6. The third-order valence-corrected chi connectivity index (χ3v) is 8.45. The Morgan fingerprint density at radius 2 is 2.00 bits per heavy atom. The topological polar surface area (TPSA) is 241 Å². The van der Waals surface area contributed by atoms with Gasteiger partial charge in [0, 0.05) is 22.9 Å². The third kappa shape index (κ3) is 5.69. The second kappa shape index (κ2) is 10.6. The van der Waals surface area contributed by atoms with Crippen molar-refractivity contribution in [1.29, 1.82) is 0 Å². The molecule has 0 spiro atoms. The fourth-order valence-corrected chi connectivity index (χ4v) is 6.77. The molecule has 0 radical (unpaired) electrons. The number of nitrogens with zero attached hydrogens (tertiary/aromatic N) is 6. The molecule has 2 unspecified atom stereocenters. The molecule has 3 aromatic heterocycles. The molecule has 3 aromatic rings. The Bertz CT molecular complexity index is 1470. The third-order valence-electron chi connectivity index (χ3n) is 6.63. The number of phosphoric acid groups is 1. The van der Waals surface area contributed by atoms with Gasteiger partial charge in [0.05, 0.1) is 25.1 Å². The van der Waals surface area contributed by atoms with Crippen molar-refractivity contribution in [1.82, 2.24) is 34.5 Å². The molecular weight excluding hydrogens is 560 g/mol. The second-order valence-corrected chi connectivity index (χ2v) is 11.6. The fraction of sp³-hybridized carbons (Fsp3) is 0.579. The van der Waals surface area contributed by atoms with Crippen LogP contribution in [0.4, 0.5) is 11.9 Å². The average Bonchev–Trinajstić information content (AvgIpc) is 3.58. The van der Waals surface area contributed by atoms with E-state index in [1.165, 1.54) is 23.5 Å². The van der Waals surface area contributed by atoms with E-state index in [0.717, 1.165) is 0 Å². The lowest BCUT2D eigenvalue weighted by Crippen LogP contribution is -2.24. The maximum atomic E-state index is 12.9. The lowest BCUT2D eigenvalue weighted by molar-refractivity contribution is -0.0492. The Morgan fingerprint density at radius 3 is 2.82 bits per heavy atom. The number of aromatic nitrogens is 7. The van der Waals surface area contributed by atoms with Crippen LogP contribution >= 0.6 is 16.1 Å². The van der Waals surface area contributed by atoms with Crippen LogP contribution in [-0.2, 0) is 32.0 Å². The zero-order valence-corrected chi connectivity index (χ0v) is 21.9. The number of rotatable bonds is 3. The van der Waals surface area contributed by atoms with E-state index in [1.54, 1.807) is 0 Å². The standard InChI is InChI=1S/C19H23N9O9P2/c20-18-26-15-14(16(29)27-18)24-8-28(15)17-13-3-11(35-17)5-34-39(31,32)37-12-2-10(25-19-22-6-21-7-23-19)1-9(12)4-33-38(30)36-13/h6-13,17H,1-5H2,(H4-,20,21,22,23,25,26,27,29,31,32)/p+1/t9-,10-,11+,12+,13-,17-/m1/s1. The molecule has 0 amide bonds. The van der Waals surface area contributed by atoms with Gasteiger partial charge in [-0.3, -0.25) is 23.4 Å². The summed E-state index contributed by atoms with van der Waals surface area (Å²) in [5.41, 5.74) is 5.28. The quantitative estimate of drug-likeness (QED) is 0.309. The van der Waals surface area contributed by atoms with Crippen LogP contribution < -0.4 is 16.6 Å². The molecule has 8 atom stereocenters. The highest BCUT2D eigenvalue weighted by molar-refractivity contribution is 7.47. The van der Waals surface area contributed by atoms with E-state index in [9.17, 15) is 18.8 Å². The molecule has 2 bridgehead atoms. The number of fused-ring (bicyclic) bond motifs is 4. The average molecular weight is 584 g/mol. The van der Waals surface area contributed by atoms with Crippen molar-refractivity contribution < 1.29 is 36.9 Å². The first-order valence-electron chi connectivity index (χ1n) is 11.9. The van der Waals surface area contributed by atoms with Gasteiger partial charge in [-0.15, -0.1) is 9.05 Å². The Morgan fingerprint density at radius 1 is 1.18 bits per heavy atom. The van der Waals surface area contributed by atoms with E-state index in [4.69, 9.17) is 28.6 Å². The Labute approximate surface area is 220 Å². The van der Waals surface area contributed by atoms with E-state index in [-0.39, 0.29) is 42.8 Å². The molecule has 5 heterocycles. The van der Waals surface area contributed by atoms with Crippen molar-refractivity contribution in [3.8, 4) is 0 Å². The summed E-state index contributed by atoms with van der Waals surface area (Å²) in [4.78, 5) is 45.1. The van der Waals surface area contributed by atoms with E-state index in [1.807, 2.05) is 0 Å². The Kier molecular flexibility index (Phi) is 7.11. The number of nitrogens with one attached hydrogen (secondary N) is 2. The largest absolute Gasteiger partial charge is 0.697 e. The summed E-state index contributed by atoms with van der Waals surface area (Å²) in [6, 6.07) is -0.223. The summed E-state index contributed by atoms with van der Waals surface area (Å²) in [7, 11) is -7.16. The number of phosphoric ester groups is 1. The first-order valence-corrected chi connectivity index (χ1v) is 14.5. The van der Waals surface area contributed by atoms with Crippen LogP contribution in [0.3, 0.4) is 0 Å². The van der Waals surface area contributed by atoms with Gasteiger partial charge in [0.25, 0.3) is 5.56 Å². The van der Waals surface area contributed by atoms with Crippen LogP contribution in [0.2, 0.25) is 0 Å². The van der Waals surface area contributed by atoms with Crippen molar-refractivity contribution in [3.63, 3.8) is 0 Å². The van der Waals surface area contributed by atoms with Crippen LogP contribution in [0.5, 0.6) is 0 Å². The second-order valence-electron chi connectivity index (χ2n) is 9.27. The van der Waals surface area contributed by atoms with Gasteiger partial charge in [0.1, 0.15) is 19.3 Å². The molecule has 2 aliphatic heterocycles. The van der Waals surface area contributed by atoms with Gasteiger partial charge in [0.2, 0.25) is 11.9 Å². The molecule has 5 N–H and O–H groups in total. The highest BCUT2D eigenvalue weighted by Gasteiger charge is 2.48. The smallest absolute Gasteiger partial charge is 0.369 e. The number of nitrogens with two attached hydrogens (primary N) is 1. The maximum absolute atomic E-state index is 12.9. The van der Waals surface area contributed by atoms with E-state index < -0.39 is 52.1 Å². The molecular formula is C19H24N9O9P2+. The number of anilines is 2. The molecule has 20 heteroatoms. The molecule has 3 fully saturated rings. The van der Waals surface area contributed by atoms with Gasteiger partial charge < -0.3 is 20.7 Å². The molecule has 6 rings (SSSR count). The molecule has 3 aliphatic rings. The van der Waals surface area contributed by atoms with Crippen LogP contribution in [0.25, 0.3) is 11.2 Å². The molecule has 0 aromatic carbocycles. The minimum Gasteiger partial charge on any atom is -0.369 e. The minimum atomic E-state index is -4.52. The van der Waals surface area contributed by atoms with Crippen LogP contribution in [0.15, 0.2) is 23.8 Å². The number of imidazole rings is 1. The van der Waals surface area contributed by atoms with Crippen molar-refractivity contribution in [2.45, 2.75) is 49.8 Å². The molecule has 1 saturated carbocycles. The van der Waals surface area contributed by atoms with Gasteiger partial charge >= 0.3 is 16.1 Å². The van der Waals surface area contributed by atoms with E-state index in [2.05, 4.69) is 35.2 Å². The number of aromatic amines is 1. The van der Waals surface area contributed by atoms with Crippen molar-refractivity contribution in [2.24, 2.45) is 5.92 Å². The van der Waals surface area contributed by atoms with Gasteiger partial charge in [0.15, 0.2) is 23.5 Å². The van der Waals surface area contributed by atoms with Gasteiger partial charge in [-0.2, -0.15) is 4.98 Å².